The quantitative estimate of drug-likeness (QED) is 0.715. The lowest BCUT2D eigenvalue weighted by Crippen LogP contribution is -2.65. The molecule has 5 nitrogen and oxygen atoms in total. The molecule has 0 bridgehead atoms. The molecule has 1 aliphatic carbocycles. The van der Waals surface area contributed by atoms with Crippen molar-refractivity contribution in [2.75, 3.05) is 27.2 Å². The van der Waals surface area contributed by atoms with Crippen LogP contribution in [0.2, 0.25) is 0 Å². The Kier molecular flexibility index (Phi) is 5.25. The van der Waals surface area contributed by atoms with E-state index in [1.54, 1.807) is 0 Å². The van der Waals surface area contributed by atoms with E-state index in [0.29, 0.717) is 12.5 Å². The predicted molar refractivity (Wildman–Crippen MR) is 82.8 cm³/mol. The summed E-state index contributed by atoms with van der Waals surface area (Å²) in [4.78, 5) is 29.1. The Labute approximate surface area is 128 Å². The first-order valence-electron chi connectivity index (χ1n) is 8.17. The number of hydrogen-bond acceptors (Lipinski definition) is 3. The maximum Gasteiger partial charge on any atom is 0.246 e. The SMILES string of the molecule is CC(C)C1C(=O)NC(C2CC2)C(=O)N1CCCCN(C)C. The first-order valence-corrected chi connectivity index (χ1v) is 8.17. The molecule has 2 atom stereocenters. The van der Waals surface area contributed by atoms with Gasteiger partial charge in [0, 0.05) is 6.54 Å². The standard InChI is InChI=1S/C16H29N3O2/c1-11(2)14-15(20)17-13(12-7-8-12)16(21)19(14)10-6-5-9-18(3)4/h11-14H,5-10H2,1-4H3,(H,17,20). The van der Waals surface area contributed by atoms with Crippen LogP contribution in [0.5, 0.6) is 0 Å². The molecule has 0 spiro atoms. The lowest BCUT2D eigenvalue weighted by molar-refractivity contribution is -0.151. The van der Waals surface area contributed by atoms with Crippen molar-refractivity contribution < 1.29 is 9.59 Å². The van der Waals surface area contributed by atoms with Crippen molar-refractivity contribution in [3.63, 3.8) is 0 Å². The van der Waals surface area contributed by atoms with Crippen LogP contribution in [0.25, 0.3) is 0 Å². The second kappa shape index (κ2) is 6.77. The van der Waals surface area contributed by atoms with Gasteiger partial charge in [0.1, 0.15) is 12.1 Å². The molecule has 2 aliphatic rings. The molecular weight excluding hydrogens is 266 g/mol. The third kappa shape index (κ3) is 3.96. The second-order valence-electron chi connectivity index (χ2n) is 7.05. The maximum absolute atomic E-state index is 12.7. The Balaban J connectivity index is 1.99. The van der Waals surface area contributed by atoms with Crippen LogP contribution in [0.1, 0.15) is 39.5 Å². The average Bonchev–Trinajstić information content (AvgIpc) is 3.21. The summed E-state index contributed by atoms with van der Waals surface area (Å²) in [6, 6.07) is -0.562. The van der Waals surface area contributed by atoms with Crippen molar-refractivity contribution in [3.05, 3.63) is 0 Å². The Morgan fingerprint density at radius 1 is 1.24 bits per heavy atom. The highest BCUT2D eigenvalue weighted by molar-refractivity contribution is 5.97. The van der Waals surface area contributed by atoms with Crippen LogP contribution in [-0.4, -0.2) is 60.9 Å². The molecule has 5 heteroatoms. The Bertz CT molecular complexity index is 391. The van der Waals surface area contributed by atoms with Gasteiger partial charge in [-0.1, -0.05) is 13.8 Å². The fourth-order valence-corrected chi connectivity index (χ4v) is 3.13. The molecule has 2 amide bonds. The minimum absolute atomic E-state index is 0.0362. The van der Waals surface area contributed by atoms with E-state index in [9.17, 15) is 9.59 Å². The summed E-state index contributed by atoms with van der Waals surface area (Å²) in [6.07, 6.45) is 4.14. The van der Waals surface area contributed by atoms with E-state index in [1.165, 1.54) is 0 Å². The monoisotopic (exact) mass is 295 g/mol. The topological polar surface area (TPSA) is 52.7 Å². The third-order valence-corrected chi connectivity index (χ3v) is 4.43. The van der Waals surface area contributed by atoms with E-state index in [1.807, 2.05) is 18.7 Å². The molecular formula is C16H29N3O2. The highest BCUT2D eigenvalue weighted by atomic mass is 16.2. The lowest BCUT2D eigenvalue weighted by atomic mass is 9.95. The van der Waals surface area contributed by atoms with E-state index in [2.05, 4.69) is 24.3 Å². The van der Waals surface area contributed by atoms with Crippen LogP contribution in [0, 0.1) is 11.8 Å². The van der Waals surface area contributed by atoms with Gasteiger partial charge >= 0.3 is 0 Å². The van der Waals surface area contributed by atoms with Crippen molar-refractivity contribution in [3.8, 4) is 0 Å². The van der Waals surface area contributed by atoms with Gasteiger partial charge in [0.15, 0.2) is 0 Å². The first-order chi connectivity index (χ1) is 9.91. The van der Waals surface area contributed by atoms with Crippen LogP contribution in [0.4, 0.5) is 0 Å². The molecule has 2 fully saturated rings. The van der Waals surface area contributed by atoms with Crippen molar-refractivity contribution in [2.24, 2.45) is 11.8 Å². The van der Waals surface area contributed by atoms with Crippen LogP contribution in [-0.2, 0) is 9.59 Å². The summed E-state index contributed by atoms with van der Waals surface area (Å²) in [7, 11) is 4.11. The largest absolute Gasteiger partial charge is 0.342 e. The predicted octanol–water partition coefficient (Wildman–Crippen LogP) is 1.09. The number of rotatable bonds is 7. The zero-order valence-corrected chi connectivity index (χ0v) is 13.8. The third-order valence-electron chi connectivity index (χ3n) is 4.43. The Morgan fingerprint density at radius 3 is 2.43 bits per heavy atom. The summed E-state index contributed by atoms with van der Waals surface area (Å²) in [5.41, 5.74) is 0. The number of carbonyl (C=O) groups excluding carboxylic acids is 2. The highest BCUT2D eigenvalue weighted by Crippen LogP contribution is 2.35. The van der Waals surface area contributed by atoms with E-state index < -0.39 is 0 Å². The molecule has 120 valence electrons. The number of hydrogen-bond donors (Lipinski definition) is 1. The number of carbonyl (C=O) groups is 2. The molecule has 2 unspecified atom stereocenters. The minimum Gasteiger partial charge on any atom is -0.342 e. The van der Waals surface area contributed by atoms with Crippen LogP contribution < -0.4 is 5.32 Å². The molecule has 21 heavy (non-hydrogen) atoms. The summed E-state index contributed by atoms with van der Waals surface area (Å²) < 4.78 is 0. The van der Waals surface area contributed by atoms with Crippen molar-refractivity contribution in [1.82, 2.24) is 15.1 Å². The van der Waals surface area contributed by atoms with Gasteiger partial charge in [-0.25, -0.2) is 0 Å². The van der Waals surface area contributed by atoms with E-state index >= 15 is 0 Å². The molecule has 1 aliphatic heterocycles. The Hall–Kier alpha value is -1.10. The molecule has 0 aromatic rings. The van der Waals surface area contributed by atoms with Crippen molar-refractivity contribution in [2.45, 2.75) is 51.6 Å². The minimum atomic E-state index is -0.299. The maximum atomic E-state index is 12.7. The van der Waals surface area contributed by atoms with Gasteiger partial charge in [-0.05, 0) is 58.2 Å². The zero-order valence-electron chi connectivity index (χ0n) is 13.8. The van der Waals surface area contributed by atoms with Crippen LogP contribution >= 0.6 is 0 Å². The van der Waals surface area contributed by atoms with E-state index in [4.69, 9.17) is 0 Å². The Morgan fingerprint density at radius 2 is 1.90 bits per heavy atom. The molecule has 2 rings (SSSR count). The highest BCUT2D eigenvalue weighted by Gasteiger charge is 2.47. The lowest BCUT2D eigenvalue weighted by Gasteiger charge is -2.41. The fourth-order valence-electron chi connectivity index (χ4n) is 3.13. The number of piperazine rings is 1. The number of unbranched alkanes of at least 4 members (excludes halogenated alkanes) is 1. The number of amides is 2. The van der Waals surface area contributed by atoms with Crippen molar-refractivity contribution in [1.29, 1.82) is 0 Å². The van der Waals surface area contributed by atoms with E-state index in [-0.39, 0.29) is 29.8 Å². The molecule has 1 saturated carbocycles. The molecule has 0 radical (unpaired) electrons. The number of nitrogens with one attached hydrogen (secondary N) is 1. The molecule has 1 saturated heterocycles. The fraction of sp³-hybridized carbons (Fsp3) is 0.875. The molecule has 1 N–H and O–H groups in total. The summed E-state index contributed by atoms with van der Waals surface area (Å²) >= 11 is 0. The van der Waals surface area contributed by atoms with Gasteiger partial charge in [0.2, 0.25) is 11.8 Å². The van der Waals surface area contributed by atoms with Gasteiger partial charge in [-0.3, -0.25) is 9.59 Å². The average molecular weight is 295 g/mol. The second-order valence-corrected chi connectivity index (χ2v) is 7.05. The molecule has 0 aromatic heterocycles. The number of nitrogens with zero attached hydrogens (tertiary/aromatic N) is 2. The molecule has 1 heterocycles. The zero-order chi connectivity index (χ0) is 15.6. The van der Waals surface area contributed by atoms with Crippen LogP contribution in [0.15, 0.2) is 0 Å². The van der Waals surface area contributed by atoms with E-state index in [0.717, 1.165) is 32.2 Å². The van der Waals surface area contributed by atoms with Gasteiger partial charge in [-0.15, -0.1) is 0 Å². The summed E-state index contributed by atoms with van der Waals surface area (Å²) in [6.45, 7) is 5.75. The van der Waals surface area contributed by atoms with Gasteiger partial charge in [0.25, 0.3) is 0 Å². The van der Waals surface area contributed by atoms with Gasteiger partial charge < -0.3 is 15.1 Å². The summed E-state index contributed by atoms with van der Waals surface area (Å²) in [5, 5.41) is 2.96. The van der Waals surface area contributed by atoms with Gasteiger partial charge in [-0.2, -0.15) is 0 Å². The normalized spacial score (nSPS) is 26.7. The van der Waals surface area contributed by atoms with Gasteiger partial charge in [0.05, 0.1) is 0 Å². The molecule has 0 aromatic carbocycles. The van der Waals surface area contributed by atoms with Crippen molar-refractivity contribution >= 4 is 11.8 Å². The first kappa shape index (κ1) is 16.3. The summed E-state index contributed by atoms with van der Waals surface area (Å²) in [5.74, 6) is 0.705. The smallest absolute Gasteiger partial charge is 0.246 e. The van der Waals surface area contributed by atoms with Crippen LogP contribution in [0.3, 0.4) is 0 Å².